The molecule has 1 saturated carbocycles. The van der Waals surface area contributed by atoms with Crippen molar-refractivity contribution in [3.05, 3.63) is 71.4 Å². The topological polar surface area (TPSA) is 133 Å². The van der Waals surface area contributed by atoms with Gasteiger partial charge in [-0.3, -0.25) is 14.4 Å². The molecule has 4 rings (SSSR count). The molecule has 3 aromatic rings. The second-order valence-electron chi connectivity index (χ2n) is 7.57. The number of nitrogens with zero attached hydrogens (tertiary/aromatic N) is 4. The summed E-state index contributed by atoms with van der Waals surface area (Å²) in [4.78, 5) is 45.8. The van der Waals surface area contributed by atoms with E-state index >= 15 is 0 Å². The molecule has 1 atom stereocenters. The monoisotopic (exact) mass is 418 g/mol. The van der Waals surface area contributed by atoms with Crippen LogP contribution in [0.1, 0.15) is 46.3 Å². The van der Waals surface area contributed by atoms with Crippen molar-refractivity contribution < 1.29 is 14.4 Å². The third kappa shape index (κ3) is 4.66. The van der Waals surface area contributed by atoms with Crippen LogP contribution in [0.5, 0.6) is 0 Å². The standard InChI is InChI=1S/C22H22N6O3/c1-13-11-17(28(27-13)18-9-10-24-21(26-18)15-7-8-15)22(31)25-16(19(29)20(23)30)12-14-5-3-2-4-6-14/h2-6,9-11,15-16H,7-8,12H2,1H3,(H2,23,30)(H,25,31). The van der Waals surface area contributed by atoms with E-state index in [0.717, 1.165) is 24.2 Å². The normalized spacial score (nSPS) is 14.1. The van der Waals surface area contributed by atoms with Gasteiger partial charge in [0.2, 0.25) is 5.78 Å². The van der Waals surface area contributed by atoms with Crippen LogP contribution in [0.25, 0.3) is 5.82 Å². The first-order valence-corrected chi connectivity index (χ1v) is 10.0. The van der Waals surface area contributed by atoms with Gasteiger partial charge in [0.15, 0.2) is 5.82 Å². The summed E-state index contributed by atoms with van der Waals surface area (Å²) < 4.78 is 1.42. The summed E-state index contributed by atoms with van der Waals surface area (Å²) in [5.41, 5.74) is 6.81. The number of amides is 2. The second kappa shape index (κ2) is 8.47. The quantitative estimate of drug-likeness (QED) is 0.529. The number of carbonyl (C=O) groups excluding carboxylic acids is 3. The van der Waals surface area contributed by atoms with Crippen molar-refractivity contribution in [3.8, 4) is 5.82 Å². The molecule has 1 aromatic carbocycles. The number of benzene rings is 1. The van der Waals surface area contributed by atoms with Gasteiger partial charge in [0, 0.05) is 24.6 Å². The van der Waals surface area contributed by atoms with Gasteiger partial charge in [-0.1, -0.05) is 30.3 Å². The number of hydrogen-bond donors (Lipinski definition) is 2. The summed E-state index contributed by atoms with van der Waals surface area (Å²) in [5, 5.41) is 7.03. The number of nitrogens with two attached hydrogens (primary N) is 1. The Labute approximate surface area is 178 Å². The van der Waals surface area contributed by atoms with Crippen LogP contribution in [-0.4, -0.2) is 43.4 Å². The summed E-state index contributed by atoms with van der Waals surface area (Å²) in [7, 11) is 0. The van der Waals surface area contributed by atoms with Crippen molar-refractivity contribution in [1.29, 1.82) is 0 Å². The summed E-state index contributed by atoms with van der Waals surface area (Å²) in [6.07, 6.45) is 3.88. The van der Waals surface area contributed by atoms with Crippen LogP contribution < -0.4 is 11.1 Å². The average Bonchev–Trinajstić information content (AvgIpc) is 3.55. The lowest BCUT2D eigenvalue weighted by molar-refractivity contribution is -0.137. The Morgan fingerprint density at radius 3 is 2.61 bits per heavy atom. The van der Waals surface area contributed by atoms with Crippen LogP contribution in [0.15, 0.2) is 48.7 Å². The van der Waals surface area contributed by atoms with E-state index in [1.165, 1.54) is 4.68 Å². The molecule has 2 aromatic heterocycles. The SMILES string of the molecule is Cc1cc(C(=O)NC(Cc2ccccc2)C(=O)C(N)=O)n(-c2ccnc(C3CC3)n2)n1. The minimum Gasteiger partial charge on any atom is -0.363 e. The van der Waals surface area contributed by atoms with Gasteiger partial charge < -0.3 is 11.1 Å². The number of aromatic nitrogens is 4. The summed E-state index contributed by atoms with van der Waals surface area (Å²) in [6, 6.07) is 11.3. The number of rotatable bonds is 8. The number of ketones is 1. The zero-order valence-electron chi connectivity index (χ0n) is 17.0. The van der Waals surface area contributed by atoms with E-state index in [0.29, 0.717) is 17.4 Å². The highest BCUT2D eigenvalue weighted by Gasteiger charge is 2.29. The predicted molar refractivity (Wildman–Crippen MR) is 111 cm³/mol. The molecule has 2 amide bonds. The van der Waals surface area contributed by atoms with E-state index in [1.54, 1.807) is 25.3 Å². The largest absolute Gasteiger partial charge is 0.363 e. The number of hydrogen-bond acceptors (Lipinski definition) is 6. The molecule has 1 fully saturated rings. The zero-order valence-corrected chi connectivity index (χ0v) is 17.0. The first-order chi connectivity index (χ1) is 14.9. The van der Waals surface area contributed by atoms with Crippen molar-refractivity contribution in [2.75, 3.05) is 0 Å². The molecule has 2 heterocycles. The summed E-state index contributed by atoms with van der Waals surface area (Å²) in [5.74, 6) is -0.979. The van der Waals surface area contributed by atoms with Gasteiger partial charge in [-0.05, 0) is 31.4 Å². The number of carbonyl (C=O) groups is 3. The number of primary amides is 1. The molecular weight excluding hydrogens is 396 g/mol. The van der Waals surface area contributed by atoms with Crippen molar-refractivity contribution in [1.82, 2.24) is 25.1 Å². The van der Waals surface area contributed by atoms with Crippen LogP contribution >= 0.6 is 0 Å². The predicted octanol–water partition coefficient (Wildman–Crippen LogP) is 1.24. The maximum atomic E-state index is 13.1. The van der Waals surface area contributed by atoms with Crippen LogP contribution in [-0.2, 0) is 16.0 Å². The molecule has 0 radical (unpaired) electrons. The lowest BCUT2D eigenvalue weighted by Crippen LogP contribution is -2.47. The zero-order chi connectivity index (χ0) is 22.0. The Balaban J connectivity index is 1.61. The molecule has 3 N–H and O–H groups in total. The number of Topliss-reactive ketones (excluding diaryl/α,β-unsaturated/α-hetero) is 1. The Morgan fingerprint density at radius 2 is 1.94 bits per heavy atom. The molecular formula is C22H22N6O3. The molecule has 158 valence electrons. The van der Waals surface area contributed by atoms with Gasteiger partial charge in [0.05, 0.1) is 5.69 Å². The molecule has 1 unspecified atom stereocenters. The maximum absolute atomic E-state index is 13.1. The van der Waals surface area contributed by atoms with E-state index in [9.17, 15) is 14.4 Å². The Bertz CT molecular complexity index is 1140. The summed E-state index contributed by atoms with van der Waals surface area (Å²) in [6.45, 7) is 1.76. The van der Waals surface area contributed by atoms with E-state index in [2.05, 4.69) is 20.4 Å². The Hall–Kier alpha value is -3.88. The highest BCUT2D eigenvalue weighted by molar-refractivity contribution is 6.38. The molecule has 9 heteroatoms. The Morgan fingerprint density at radius 1 is 1.19 bits per heavy atom. The fourth-order valence-electron chi connectivity index (χ4n) is 3.32. The van der Waals surface area contributed by atoms with E-state index in [4.69, 9.17) is 5.73 Å². The average molecular weight is 418 g/mol. The molecule has 31 heavy (non-hydrogen) atoms. The molecule has 1 aliphatic rings. The number of nitrogens with one attached hydrogen (secondary N) is 1. The van der Waals surface area contributed by atoms with Crippen molar-refractivity contribution in [3.63, 3.8) is 0 Å². The Kier molecular flexibility index (Phi) is 5.57. The highest BCUT2D eigenvalue weighted by Crippen LogP contribution is 2.37. The highest BCUT2D eigenvalue weighted by atomic mass is 16.2. The van der Waals surface area contributed by atoms with E-state index in [1.807, 2.05) is 30.3 Å². The van der Waals surface area contributed by atoms with Crippen LogP contribution in [0.4, 0.5) is 0 Å². The van der Waals surface area contributed by atoms with E-state index in [-0.39, 0.29) is 12.1 Å². The van der Waals surface area contributed by atoms with Crippen molar-refractivity contribution in [2.45, 2.75) is 38.1 Å². The lowest BCUT2D eigenvalue weighted by Gasteiger charge is -2.17. The second-order valence-corrected chi connectivity index (χ2v) is 7.57. The lowest BCUT2D eigenvalue weighted by atomic mass is 10.0. The minimum atomic E-state index is -1.10. The molecule has 0 spiro atoms. The molecule has 1 aliphatic carbocycles. The summed E-state index contributed by atoms with van der Waals surface area (Å²) >= 11 is 0. The minimum absolute atomic E-state index is 0.140. The van der Waals surface area contributed by atoms with Crippen LogP contribution in [0, 0.1) is 6.92 Å². The van der Waals surface area contributed by atoms with Crippen LogP contribution in [0.2, 0.25) is 0 Å². The van der Waals surface area contributed by atoms with Gasteiger partial charge in [0.1, 0.15) is 17.6 Å². The van der Waals surface area contributed by atoms with Crippen molar-refractivity contribution in [2.24, 2.45) is 5.73 Å². The maximum Gasteiger partial charge on any atom is 0.287 e. The van der Waals surface area contributed by atoms with Gasteiger partial charge in [-0.25, -0.2) is 14.6 Å². The van der Waals surface area contributed by atoms with E-state index < -0.39 is 23.6 Å². The fourth-order valence-corrected chi connectivity index (χ4v) is 3.32. The number of aryl methyl sites for hydroxylation is 1. The molecule has 0 saturated heterocycles. The van der Waals surface area contributed by atoms with Crippen LogP contribution in [0.3, 0.4) is 0 Å². The van der Waals surface area contributed by atoms with Gasteiger partial charge in [-0.2, -0.15) is 5.10 Å². The third-order valence-electron chi connectivity index (χ3n) is 5.03. The first-order valence-electron chi connectivity index (χ1n) is 10.0. The smallest absolute Gasteiger partial charge is 0.287 e. The van der Waals surface area contributed by atoms with Gasteiger partial charge in [-0.15, -0.1) is 0 Å². The molecule has 0 aliphatic heterocycles. The van der Waals surface area contributed by atoms with Crippen molar-refractivity contribution >= 4 is 17.6 Å². The molecule has 9 nitrogen and oxygen atoms in total. The molecule has 0 bridgehead atoms. The first kappa shape index (κ1) is 20.4. The van der Waals surface area contributed by atoms with Gasteiger partial charge in [0.25, 0.3) is 11.8 Å². The third-order valence-corrected chi connectivity index (χ3v) is 5.03. The van der Waals surface area contributed by atoms with Gasteiger partial charge >= 0.3 is 0 Å². The fraction of sp³-hybridized carbons (Fsp3) is 0.273.